The highest BCUT2D eigenvalue weighted by Crippen LogP contribution is 2.23. The third kappa shape index (κ3) is 2.31. The second-order valence-electron chi connectivity index (χ2n) is 2.92. The van der Waals surface area contributed by atoms with Gasteiger partial charge in [0.05, 0.1) is 12.7 Å². The molecular weight excluding hydrogens is 184 g/mol. The standard InChI is InChI=1S/C10H14O2S/c1-4-5-8-6-9(7(2)13-8)10(11)12-3/h6H,4-5H2,1-3H3. The molecule has 13 heavy (non-hydrogen) atoms. The molecule has 1 aromatic heterocycles. The lowest BCUT2D eigenvalue weighted by Gasteiger charge is -1.94. The molecule has 0 saturated carbocycles. The van der Waals surface area contributed by atoms with Gasteiger partial charge in [-0.1, -0.05) is 13.3 Å². The van der Waals surface area contributed by atoms with Crippen molar-refractivity contribution in [3.05, 3.63) is 21.4 Å². The number of aryl methyl sites for hydroxylation is 2. The van der Waals surface area contributed by atoms with Crippen LogP contribution in [0.3, 0.4) is 0 Å². The number of hydrogen-bond donors (Lipinski definition) is 0. The molecule has 0 saturated heterocycles. The third-order valence-corrected chi connectivity index (χ3v) is 2.98. The second kappa shape index (κ2) is 4.42. The van der Waals surface area contributed by atoms with Crippen molar-refractivity contribution in [3.8, 4) is 0 Å². The molecule has 3 heteroatoms. The van der Waals surface area contributed by atoms with Gasteiger partial charge in [-0.05, 0) is 19.4 Å². The Morgan fingerprint density at radius 3 is 2.85 bits per heavy atom. The summed E-state index contributed by atoms with van der Waals surface area (Å²) in [7, 11) is 1.42. The molecular formula is C10H14O2S. The quantitative estimate of drug-likeness (QED) is 0.698. The minimum atomic E-state index is -0.226. The first kappa shape index (κ1) is 10.3. The number of rotatable bonds is 3. The summed E-state index contributed by atoms with van der Waals surface area (Å²) in [5, 5.41) is 0. The van der Waals surface area contributed by atoms with Crippen molar-refractivity contribution >= 4 is 17.3 Å². The van der Waals surface area contributed by atoms with Crippen LogP contribution in [0.2, 0.25) is 0 Å². The van der Waals surface area contributed by atoms with Crippen LogP contribution in [0.15, 0.2) is 6.07 Å². The van der Waals surface area contributed by atoms with Gasteiger partial charge in [-0.25, -0.2) is 4.79 Å². The van der Waals surface area contributed by atoms with Gasteiger partial charge in [0.1, 0.15) is 0 Å². The summed E-state index contributed by atoms with van der Waals surface area (Å²) in [6, 6.07) is 1.94. The monoisotopic (exact) mass is 198 g/mol. The molecule has 0 N–H and O–H groups in total. The molecule has 0 unspecified atom stereocenters. The highest BCUT2D eigenvalue weighted by Gasteiger charge is 2.12. The van der Waals surface area contributed by atoms with E-state index >= 15 is 0 Å². The molecule has 0 radical (unpaired) electrons. The number of methoxy groups -OCH3 is 1. The number of thiophene rings is 1. The van der Waals surface area contributed by atoms with E-state index in [0.29, 0.717) is 0 Å². The predicted molar refractivity (Wildman–Crippen MR) is 54.4 cm³/mol. The number of hydrogen-bond acceptors (Lipinski definition) is 3. The van der Waals surface area contributed by atoms with Crippen LogP contribution in [0.5, 0.6) is 0 Å². The van der Waals surface area contributed by atoms with Gasteiger partial charge < -0.3 is 4.74 Å². The first-order valence-corrected chi connectivity index (χ1v) is 5.18. The summed E-state index contributed by atoms with van der Waals surface area (Å²) in [4.78, 5) is 13.6. The topological polar surface area (TPSA) is 26.3 Å². The zero-order valence-electron chi connectivity index (χ0n) is 8.22. The lowest BCUT2D eigenvalue weighted by atomic mass is 10.2. The lowest BCUT2D eigenvalue weighted by molar-refractivity contribution is 0.0600. The van der Waals surface area contributed by atoms with Crippen molar-refractivity contribution in [2.24, 2.45) is 0 Å². The summed E-state index contributed by atoms with van der Waals surface area (Å²) in [5.41, 5.74) is 0.718. The zero-order chi connectivity index (χ0) is 9.84. The van der Waals surface area contributed by atoms with Crippen LogP contribution < -0.4 is 0 Å². The molecule has 0 amide bonds. The second-order valence-corrected chi connectivity index (χ2v) is 4.27. The summed E-state index contributed by atoms with van der Waals surface area (Å²) in [6.45, 7) is 4.09. The first-order chi connectivity index (χ1) is 6.19. The SMILES string of the molecule is CCCc1cc(C(=O)OC)c(C)s1. The Bertz CT molecular complexity index is 302. The number of carbonyl (C=O) groups is 1. The molecule has 1 rings (SSSR count). The van der Waals surface area contributed by atoms with Crippen LogP contribution in [-0.2, 0) is 11.2 Å². The van der Waals surface area contributed by atoms with Crippen LogP contribution in [-0.4, -0.2) is 13.1 Å². The van der Waals surface area contributed by atoms with E-state index in [4.69, 9.17) is 0 Å². The summed E-state index contributed by atoms with van der Waals surface area (Å²) in [6.07, 6.45) is 2.16. The van der Waals surface area contributed by atoms with E-state index in [-0.39, 0.29) is 5.97 Å². The maximum atomic E-state index is 11.2. The highest BCUT2D eigenvalue weighted by molar-refractivity contribution is 7.12. The van der Waals surface area contributed by atoms with Crippen molar-refractivity contribution in [2.45, 2.75) is 26.7 Å². The van der Waals surface area contributed by atoms with Crippen molar-refractivity contribution in [1.29, 1.82) is 0 Å². The van der Waals surface area contributed by atoms with Gasteiger partial charge in [0.2, 0.25) is 0 Å². The van der Waals surface area contributed by atoms with Gasteiger partial charge in [-0.15, -0.1) is 11.3 Å². The Morgan fingerprint density at radius 2 is 2.31 bits per heavy atom. The Morgan fingerprint density at radius 1 is 1.62 bits per heavy atom. The van der Waals surface area contributed by atoms with Gasteiger partial charge in [0.25, 0.3) is 0 Å². The molecule has 0 aliphatic heterocycles. The molecule has 0 spiro atoms. The van der Waals surface area contributed by atoms with E-state index in [1.54, 1.807) is 11.3 Å². The molecule has 1 aromatic rings. The number of ether oxygens (including phenoxy) is 1. The van der Waals surface area contributed by atoms with Crippen molar-refractivity contribution in [1.82, 2.24) is 0 Å². The van der Waals surface area contributed by atoms with Crippen LogP contribution in [0.1, 0.15) is 33.5 Å². The van der Waals surface area contributed by atoms with E-state index in [0.717, 1.165) is 23.3 Å². The number of esters is 1. The van der Waals surface area contributed by atoms with E-state index < -0.39 is 0 Å². The van der Waals surface area contributed by atoms with E-state index in [1.807, 2.05) is 13.0 Å². The van der Waals surface area contributed by atoms with Crippen LogP contribution >= 0.6 is 11.3 Å². The molecule has 0 aromatic carbocycles. The summed E-state index contributed by atoms with van der Waals surface area (Å²) < 4.78 is 4.68. The van der Waals surface area contributed by atoms with E-state index in [2.05, 4.69) is 11.7 Å². The Kier molecular flexibility index (Phi) is 3.48. The molecule has 0 aliphatic carbocycles. The van der Waals surface area contributed by atoms with Gasteiger partial charge in [0, 0.05) is 9.75 Å². The fourth-order valence-electron chi connectivity index (χ4n) is 1.23. The van der Waals surface area contributed by atoms with E-state index in [1.165, 1.54) is 12.0 Å². The Labute approximate surface area is 82.5 Å². The maximum absolute atomic E-state index is 11.2. The largest absolute Gasteiger partial charge is 0.465 e. The molecule has 72 valence electrons. The van der Waals surface area contributed by atoms with Gasteiger partial charge in [-0.3, -0.25) is 0 Å². The summed E-state index contributed by atoms with van der Waals surface area (Å²) >= 11 is 1.68. The van der Waals surface area contributed by atoms with E-state index in [9.17, 15) is 4.79 Å². The van der Waals surface area contributed by atoms with Crippen LogP contribution in [0.4, 0.5) is 0 Å². The molecule has 1 heterocycles. The van der Waals surface area contributed by atoms with Crippen LogP contribution in [0.25, 0.3) is 0 Å². The van der Waals surface area contributed by atoms with Crippen molar-refractivity contribution in [2.75, 3.05) is 7.11 Å². The summed E-state index contributed by atoms with van der Waals surface area (Å²) in [5.74, 6) is -0.226. The van der Waals surface area contributed by atoms with Gasteiger partial charge in [0.15, 0.2) is 0 Å². The average molecular weight is 198 g/mol. The fourth-order valence-corrected chi connectivity index (χ4v) is 2.35. The first-order valence-electron chi connectivity index (χ1n) is 4.36. The molecule has 0 bridgehead atoms. The third-order valence-electron chi connectivity index (χ3n) is 1.87. The minimum absolute atomic E-state index is 0.226. The Hall–Kier alpha value is -0.830. The minimum Gasteiger partial charge on any atom is -0.465 e. The Balaban J connectivity index is 2.89. The van der Waals surface area contributed by atoms with Gasteiger partial charge >= 0.3 is 5.97 Å². The molecule has 2 nitrogen and oxygen atoms in total. The fraction of sp³-hybridized carbons (Fsp3) is 0.500. The average Bonchev–Trinajstić information content (AvgIpc) is 2.46. The normalized spacial score (nSPS) is 10.1. The highest BCUT2D eigenvalue weighted by atomic mass is 32.1. The zero-order valence-corrected chi connectivity index (χ0v) is 9.03. The molecule has 0 atom stereocenters. The van der Waals surface area contributed by atoms with Crippen molar-refractivity contribution in [3.63, 3.8) is 0 Å². The predicted octanol–water partition coefficient (Wildman–Crippen LogP) is 2.80. The smallest absolute Gasteiger partial charge is 0.338 e. The van der Waals surface area contributed by atoms with Crippen LogP contribution in [0, 0.1) is 6.92 Å². The van der Waals surface area contributed by atoms with Crippen molar-refractivity contribution < 1.29 is 9.53 Å². The maximum Gasteiger partial charge on any atom is 0.338 e. The van der Waals surface area contributed by atoms with Gasteiger partial charge in [-0.2, -0.15) is 0 Å². The lowest BCUT2D eigenvalue weighted by Crippen LogP contribution is -2.00. The number of carbonyl (C=O) groups excluding carboxylic acids is 1. The molecule has 0 fully saturated rings. The molecule has 0 aliphatic rings.